The van der Waals surface area contributed by atoms with Crippen LogP contribution in [0.3, 0.4) is 0 Å². The average Bonchev–Trinajstić information content (AvgIpc) is 2.02. The Morgan fingerprint density at radius 1 is 1.54 bits per heavy atom. The second-order valence-corrected chi connectivity index (χ2v) is 3.54. The molecule has 0 heterocycles. The lowest BCUT2D eigenvalue weighted by Crippen LogP contribution is -2.41. The largest absolute Gasteiger partial charge is 0.480 e. The molecule has 1 atom stereocenters. The molecule has 3 N–H and O–H groups in total. The van der Waals surface area contributed by atoms with Gasteiger partial charge in [0.15, 0.2) is 0 Å². The van der Waals surface area contributed by atoms with Crippen LogP contribution in [-0.4, -0.2) is 46.2 Å². The number of aliphatic hydroxyl groups excluding tert-OH is 1. The van der Waals surface area contributed by atoms with E-state index in [9.17, 15) is 9.59 Å². The van der Waals surface area contributed by atoms with E-state index < -0.39 is 12.0 Å². The number of carboxylic acid groups (broad SMARTS) is 1. The van der Waals surface area contributed by atoms with Crippen molar-refractivity contribution in [1.82, 2.24) is 5.32 Å². The molecule has 6 heteroatoms. The van der Waals surface area contributed by atoms with Crippen LogP contribution >= 0.6 is 11.8 Å². The molecule has 13 heavy (non-hydrogen) atoms. The predicted molar refractivity (Wildman–Crippen MR) is 49.7 cm³/mol. The van der Waals surface area contributed by atoms with E-state index in [0.717, 1.165) is 0 Å². The number of hydrogen-bond donors (Lipinski definition) is 3. The maximum atomic E-state index is 10.6. The summed E-state index contributed by atoms with van der Waals surface area (Å²) in [6.45, 7) is 1.28. The molecule has 0 spiro atoms. The average molecular weight is 209 g/mol. The molecule has 0 radical (unpaired) electrons. The molecular formula is C7H13NO4S. The third-order valence-electron chi connectivity index (χ3n) is 1.20. The van der Waals surface area contributed by atoms with Gasteiger partial charge in [0.1, 0.15) is 6.04 Å². The number of carboxylic acids is 1. The first kappa shape index (κ1) is 12.2. The van der Waals surface area contributed by atoms with Crippen molar-refractivity contribution in [3.8, 4) is 0 Å². The number of carbonyl (C=O) groups is 2. The number of nitrogens with one attached hydrogen (secondary N) is 1. The van der Waals surface area contributed by atoms with Crippen LogP contribution in [0.2, 0.25) is 0 Å². The van der Waals surface area contributed by atoms with Crippen LogP contribution in [0.5, 0.6) is 0 Å². The van der Waals surface area contributed by atoms with Crippen molar-refractivity contribution in [3.05, 3.63) is 0 Å². The second-order valence-electron chi connectivity index (χ2n) is 2.39. The third kappa shape index (κ3) is 6.41. The zero-order valence-electron chi connectivity index (χ0n) is 7.32. The van der Waals surface area contributed by atoms with E-state index in [1.807, 2.05) is 0 Å². The van der Waals surface area contributed by atoms with Gasteiger partial charge < -0.3 is 15.5 Å². The van der Waals surface area contributed by atoms with E-state index in [1.54, 1.807) is 0 Å². The van der Waals surface area contributed by atoms with E-state index in [-0.39, 0.29) is 18.3 Å². The summed E-state index contributed by atoms with van der Waals surface area (Å²) in [6.07, 6.45) is 0. The highest BCUT2D eigenvalue weighted by Crippen LogP contribution is 2.02. The molecule has 0 saturated carbocycles. The SMILES string of the molecule is CC(=O)N[C@@H](CS[13CH2][13CH2]O)C(=O)O. The van der Waals surface area contributed by atoms with Gasteiger partial charge >= 0.3 is 5.97 Å². The standard InChI is InChI=1S/C7H13NO4S/c1-5(10)8-6(7(11)12)4-13-3-2-9/h6,9H,2-4H2,1H3,(H,8,10)(H,11,12)/t6-/m0/s1/i2+1,3+1. The number of carbonyl (C=O) groups excluding carboxylic acids is 1. The minimum atomic E-state index is -1.05. The van der Waals surface area contributed by atoms with Crippen LogP contribution in [0.1, 0.15) is 6.92 Å². The minimum absolute atomic E-state index is 0.0110. The molecule has 0 aromatic carbocycles. The Bertz CT molecular complexity index is 185. The van der Waals surface area contributed by atoms with Crippen LogP contribution in [-0.2, 0) is 9.59 Å². The summed E-state index contributed by atoms with van der Waals surface area (Å²) in [5.41, 5.74) is 0. The molecule has 0 rings (SSSR count). The maximum absolute atomic E-state index is 10.6. The zero-order valence-corrected chi connectivity index (χ0v) is 8.13. The Morgan fingerprint density at radius 3 is 2.54 bits per heavy atom. The van der Waals surface area contributed by atoms with Gasteiger partial charge in [0.05, 0.1) is 6.61 Å². The first-order valence-electron chi connectivity index (χ1n) is 3.76. The highest BCUT2D eigenvalue weighted by atomic mass is 32.2. The highest BCUT2D eigenvalue weighted by molar-refractivity contribution is 7.99. The molecule has 0 aliphatic heterocycles. The molecule has 0 aromatic heterocycles. The van der Waals surface area contributed by atoms with Crippen molar-refractivity contribution < 1.29 is 19.8 Å². The van der Waals surface area contributed by atoms with E-state index in [4.69, 9.17) is 10.2 Å². The molecule has 0 aliphatic carbocycles. The summed E-state index contributed by atoms with van der Waals surface area (Å²) in [5.74, 6) is -0.670. The van der Waals surface area contributed by atoms with Crippen molar-refractivity contribution >= 4 is 23.6 Å². The second kappa shape index (κ2) is 6.73. The summed E-state index contributed by atoms with van der Waals surface area (Å²) >= 11 is 1.29. The molecule has 0 saturated heterocycles. The number of rotatable bonds is 6. The molecule has 76 valence electrons. The van der Waals surface area contributed by atoms with Crippen molar-refractivity contribution in [1.29, 1.82) is 0 Å². The Hall–Kier alpha value is -0.750. The predicted octanol–water partition coefficient (Wildman–Crippen LogP) is -0.699. The van der Waals surface area contributed by atoms with Crippen LogP contribution in [0, 0.1) is 0 Å². The Morgan fingerprint density at radius 2 is 2.15 bits per heavy atom. The van der Waals surface area contributed by atoms with Crippen LogP contribution in [0.25, 0.3) is 0 Å². The monoisotopic (exact) mass is 209 g/mol. The number of aliphatic hydroxyl groups is 1. The summed E-state index contributed by atoms with van der Waals surface area (Å²) in [6, 6.07) is -0.867. The van der Waals surface area contributed by atoms with Gasteiger partial charge in [-0.2, -0.15) is 11.8 Å². The molecule has 0 unspecified atom stereocenters. The van der Waals surface area contributed by atoms with Gasteiger partial charge in [0, 0.05) is 18.4 Å². The van der Waals surface area contributed by atoms with Gasteiger partial charge in [0.25, 0.3) is 0 Å². The van der Waals surface area contributed by atoms with Crippen molar-refractivity contribution in [2.45, 2.75) is 13.0 Å². The first-order chi connectivity index (χ1) is 6.07. The Labute approximate surface area is 80.5 Å². The van der Waals surface area contributed by atoms with Gasteiger partial charge in [-0.1, -0.05) is 0 Å². The van der Waals surface area contributed by atoms with Crippen molar-refractivity contribution in [2.24, 2.45) is 0 Å². The molecule has 0 aliphatic rings. The van der Waals surface area contributed by atoms with Gasteiger partial charge in [-0.05, 0) is 0 Å². The minimum Gasteiger partial charge on any atom is -0.480 e. The van der Waals surface area contributed by atoms with E-state index in [0.29, 0.717) is 5.75 Å². The maximum Gasteiger partial charge on any atom is 0.327 e. The fraction of sp³-hybridized carbons (Fsp3) is 0.714. The fourth-order valence-corrected chi connectivity index (χ4v) is 1.44. The van der Waals surface area contributed by atoms with Crippen LogP contribution < -0.4 is 5.32 Å². The Kier molecular flexibility index (Phi) is 6.34. The number of thioether (sulfide) groups is 1. The molecule has 5 nitrogen and oxygen atoms in total. The smallest absolute Gasteiger partial charge is 0.327 e. The molecular weight excluding hydrogens is 196 g/mol. The molecule has 0 aromatic rings. The zero-order chi connectivity index (χ0) is 10.3. The molecule has 1 amide bonds. The van der Waals surface area contributed by atoms with Crippen LogP contribution in [0.4, 0.5) is 0 Å². The fourth-order valence-electron chi connectivity index (χ4n) is 0.686. The van der Waals surface area contributed by atoms with Crippen molar-refractivity contribution in [2.75, 3.05) is 18.1 Å². The lowest BCUT2D eigenvalue weighted by Gasteiger charge is -2.11. The topological polar surface area (TPSA) is 86.6 Å². The van der Waals surface area contributed by atoms with E-state index in [1.165, 1.54) is 18.7 Å². The molecule has 0 bridgehead atoms. The third-order valence-corrected chi connectivity index (χ3v) is 2.24. The summed E-state index contributed by atoms with van der Waals surface area (Å²) < 4.78 is 0. The van der Waals surface area contributed by atoms with Crippen molar-refractivity contribution in [3.63, 3.8) is 0 Å². The van der Waals surface area contributed by atoms with Gasteiger partial charge in [-0.15, -0.1) is 0 Å². The van der Waals surface area contributed by atoms with Gasteiger partial charge in [-0.3, -0.25) is 4.79 Å². The van der Waals surface area contributed by atoms with Gasteiger partial charge in [-0.25, -0.2) is 4.79 Å². The normalized spacial score (nSPS) is 12.2. The Balaban J connectivity index is 3.81. The highest BCUT2D eigenvalue weighted by Gasteiger charge is 2.17. The van der Waals surface area contributed by atoms with E-state index >= 15 is 0 Å². The number of hydrogen-bond acceptors (Lipinski definition) is 4. The number of amides is 1. The lowest BCUT2D eigenvalue weighted by molar-refractivity contribution is -0.140. The van der Waals surface area contributed by atoms with Gasteiger partial charge in [0.2, 0.25) is 5.91 Å². The summed E-state index contributed by atoms with van der Waals surface area (Å²) in [5, 5.41) is 19.4. The first-order valence-corrected chi connectivity index (χ1v) is 4.92. The lowest BCUT2D eigenvalue weighted by atomic mass is 10.3. The number of aliphatic carboxylic acids is 1. The quantitative estimate of drug-likeness (QED) is 0.398. The summed E-state index contributed by atoms with van der Waals surface area (Å²) in [4.78, 5) is 21.1. The van der Waals surface area contributed by atoms with Crippen LogP contribution in [0.15, 0.2) is 0 Å². The molecule has 0 fully saturated rings. The summed E-state index contributed by atoms with van der Waals surface area (Å²) in [7, 11) is 0. The van der Waals surface area contributed by atoms with E-state index in [2.05, 4.69) is 5.32 Å².